The third kappa shape index (κ3) is 4.45. The monoisotopic (exact) mass is 441 g/mol. The van der Waals surface area contributed by atoms with Crippen molar-refractivity contribution in [3.63, 3.8) is 0 Å². The van der Waals surface area contributed by atoms with Crippen LogP contribution >= 0.6 is 0 Å². The maximum atomic E-state index is 10.6. The van der Waals surface area contributed by atoms with E-state index in [2.05, 4.69) is 24.3 Å². The molecule has 32 heavy (non-hydrogen) atoms. The van der Waals surface area contributed by atoms with E-state index in [0.717, 1.165) is 40.4 Å². The van der Waals surface area contributed by atoms with Crippen molar-refractivity contribution in [3.8, 4) is 0 Å². The predicted molar refractivity (Wildman–Crippen MR) is 120 cm³/mol. The molecule has 2 heterocycles. The third-order valence-electron chi connectivity index (χ3n) is 6.25. The minimum Gasteiger partial charge on any atom is -0.396 e. The van der Waals surface area contributed by atoms with E-state index < -0.39 is 37.3 Å². The molecule has 172 valence electrons. The molecule has 1 saturated heterocycles. The Morgan fingerprint density at radius 3 is 2.31 bits per heavy atom. The Kier molecular flexibility index (Phi) is 6.95. The van der Waals surface area contributed by atoms with Crippen LogP contribution in [0.15, 0.2) is 48.7 Å². The molecule has 1 fully saturated rings. The van der Waals surface area contributed by atoms with Crippen LogP contribution in [0.3, 0.4) is 0 Å². The number of hydrogen-bond acceptors (Lipinski definition) is 6. The number of aromatic nitrogens is 1. The highest BCUT2D eigenvalue weighted by atomic mass is 16.6. The standard InChI is InChI=1S/C25H31NO6/c1-15-4-9-19-18(12-17-7-5-16(6-8-17)3-2-10-27)13-26(20(19)11-15)25-24(31)23(30)22(29)21(14-28)32-25/h4-9,11,13,21-25,27-31H,2-3,10,12,14H2,1H3/t21-,22-,23+,24-,25-/m1/s1. The second-order valence-electron chi connectivity index (χ2n) is 8.62. The summed E-state index contributed by atoms with van der Waals surface area (Å²) in [7, 11) is 0. The summed E-state index contributed by atoms with van der Waals surface area (Å²) in [5, 5.41) is 50.6. The topological polar surface area (TPSA) is 115 Å². The van der Waals surface area contributed by atoms with Gasteiger partial charge < -0.3 is 34.8 Å². The maximum Gasteiger partial charge on any atom is 0.163 e. The summed E-state index contributed by atoms with van der Waals surface area (Å²) in [5.74, 6) is 0. The van der Waals surface area contributed by atoms with Crippen molar-refractivity contribution < 1.29 is 30.3 Å². The summed E-state index contributed by atoms with van der Waals surface area (Å²) in [6, 6.07) is 14.4. The van der Waals surface area contributed by atoms with Gasteiger partial charge in [0.15, 0.2) is 6.23 Å². The first-order chi connectivity index (χ1) is 15.4. The average Bonchev–Trinajstić information content (AvgIpc) is 3.14. The molecular weight excluding hydrogens is 410 g/mol. The number of aliphatic hydroxyl groups excluding tert-OH is 5. The van der Waals surface area contributed by atoms with Crippen molar-refractivity contribution in [1.82, 2.24) is 4.57 Å². The van der Waals surface area contributed by atoms with E-state index in [1.54, 1.807) is 4.57 Å². The molecule has 0 unspecified atom stereocenters. The molecule has 0 saturated carbocycles. The summed E-state index contributed by atoms with van der Waals surface area (Å²) in [4.78, 5) is 0. The molecule has 5 N–H and O–H groups in total. The SMILES string of the molecule is Cc1ccc2c(Cc3ccc(CCCO)cc3)cn([C@@H]3O[C@H](CO)[C@@H](O)[C@H](O)[C@H]3O)c2c1. The van der Waals surface area contributed by atoms with E-state index in [9.17, 15) is 20.4 Å². The first-order valence-corrected chi connectivity index (χ1v) is 11.0. The number of rotatable bonds is 7. The lowest BCUT2D eigenvalue weighted by Crippen LogP contribution is -2.56. The lowest BCUT2D eigenvalue weighted by atomic mass is 9.98. The van der Waals surface area contributed by atoms with E-state index in [4.69, 9.17) is 9.84 Å². The van der Waals surface area contributed by atoms with Gasteiger partial charge in [0.25, 0.3) is 0 Å². The molecule has 0 spiro atoms. The molecule has 1 aliphatic rings. The van der Waals surface area contributed by atoms with E-state index in [0.29, 0.717) is 6.42 Å². The summed E-state index contributed by atoms with van der Waals surface area (Å²) < 4.78 is 7.60. The van der Waals surface area contributed by atoms with Gasteiger partial charge in [-0.3, -0.25) is 0 Å². The van der Waals surface area contributed by atoms with E-state index in [-0.39, 0.29) is 6.61 Å². The van der Waals surface area contributed by atoms with Gasteiger partial charge in [-0.15, -0.1) is 0 Å². The van der Waals surface area contributed by atoms with Crippen LogP contribution in [0.1, 0.15) is 34.9 Å². The average molecular weight is 442 g/mol. The maximum absolute atomic E-state index is 10.6. The minimum absolute atomic E-state index is 0.179. The zero-order chi connectivity index (χ0) is 22.8. The molecule has 1 aliphatic heterocycles. The van der Waals surface area contributed by atoms with Gasteiger partial charge in [0.2, 0.25) is 0 Å². The lowest BCUT2D eigenvalue weighted by molar-refractivity contribution is -0.250. The number of ether oxygens (including phenoxy) is 1. The Balaban J connectivity index is 1.68. The number of benzene rings is 2. The van der Waals surface area contributed by atoms with Crippen LogP contribution < -0.4 is 0 Å². The van der Waals surface area contributed by atoms with Gasteiger partial charge in [0.1, 0.15) is 24.4 Å². The van der Waals surface area contributed by atoms with Crippen molar-refractivity contribution in [2.45, 2.75) is 56.8 Å². The first kappa shape index (κ1) is 22.9. The minimum atomic E-state index is -1.43. The fraction of sp³-hybridized carbons (Fsp3) is 0.440. The number of nitrogens with zero attached hydrogens (tertiary/aromatic N) is 1. The van der Waals surface area contributed by atoms with Crippen LogP contribution in [0, 0.1) is 6.92 Å². The Bertz CT molecular complexity index is 1040. The molecule has 0 aliphatic carbocycles. The summed E-state index contributed by atoms with van der Waals surface area (Å²) in [6.07, 6.45) is -1.90. The first-order valence-electron chi connectivity index (χ1n) is 11.0. The molecule has 5 atom stereocenters. The molecule has 0 bridgehead atoms. The third-order valence-corrected chi connectivity index (χ3v) is 6.25. The lowest BCUT2D eigenvalue weighted by Gasteiger charge is -2.40. The van der Waals surface area contributed by atoms with Gasteiger partial charge in [-0.25, -0.2) is 0 Å². The van der Waals surface area contributed by atoms with Crippen LogP contribution in [-0.2, 0) is 17.6 Å². The van der Waals surface area contributed by atoms with Gasteiger partial charge >= 0.3 is 0 Å². The molecule has 0 amide bonds. The van der Waals surface area contributed by atoms with Gasteiger partial charge in [0, 0.05) is 18.2 Å². The molecule has 7 heteroatoms. The Morgan fingerprint density at radius 1 is 0.906 bits per heavy atom. The van der Waals surface area contributed by atoms with Crippen molar-refractivity contribution >= 4 is 10.9 Å². The van der Waals surface area contributed by atoms with Crippen LogP contribution in [-0.4, -0.2) is 67.7 Å². The largest absolute Gasteiger partial charge is 0.396 e. The van der Waals surface area contributed by atoms with Crippen LogP contribution in [0.4, 0.5) is 0 Å². The van der Waals surface area contributed by atoms with E-state index in [1.807, 2.05) is 31.3 Å². The molecular formula is C25H31NO6. The molecule has 4 rings (SSSR count). The number of aryl methyl sites for hydroxylation is 2. The van der Waals surface area contributed by atoms with Crippen LogP contribution in [0.5, 0.6) is 0 Å². The van der Waals surface area contributed by atoms with E-state index in [1.165, 1.54) is 5.56 Å². The van der Waals surface area contributed by atoms with Gasteiger partial charge in [-0.2, -0.15) is 0 Å². The summed E-state index contributed by atoms with van der Waals surface area (Å²) >= 11 is 0. The molecule has 0 radical (unpaired) electrons. The zero-order valence-electron chi connectivity index (χ0n) is 18.1. The normalized spacial score (nSPS) is 26.0. The van der Waals surface area contributed by atoms with Crippen molar-refractivity contribution in [2.75, 3.05) is 13.2 Å². The second-order valence-corrected chi connectivity index (χ2v) is 8.62. The predicted octanol–water partition coefficient (Wildman–Crippen LogP) is 1.44. The Morgan fingerprint density at radius 2 is 1.62 bits per heavy atom. The molecule has 3 aromatic rings. The molecule has 2 aromatic carbocycles. The molecule has 1 aromatic heterocycles. The summed E-state index contributed by atoms with van der Waals surface area (Å²) in [5.41, 5.74) is 5.25. The number of fused-ring (bicyclic) bond motifs is 1. The van der Waals surface area contributed by atoms with Gasteiger partial charge in [0.05, 0.1) is 12.1 Å². The zero-order valence-corrected chi connectivity index (χ0v) is 18.1. The second kappa shape index (κ2) is 9.70. The number of hydrogen-bond donors (Lipinski definition) is 5. The van der Waals surface area contributed by atoms with Crippen LogP contribution in [0.2, 0.25) is 0 Å². The highest BCUT2D eigenvalue weighted by Gasteiger charge is 2.44. The van der Waals surface area contributed by atoms with Crippen molar-refractivity contribution in [3.05, 3.63) is 70.9 Å². The van der Waals surface area contributed by atoms with Gasteiger partial charge in [-0.1, -0.05) is 36.4 Å². The smallest absolute Gasteiger partial charge is 0.163 e. The van der Waals surface area contributed by atoms with Gasteiger partial charge in [-0.05, 0) is 54.5 Å². The quantitative estimate of drug-likeness (QED) is 0.379. The van der Waals surface area contributed by atoms with Crippen LogP contribution in [0.25, 0.3) is 10.9 Å². The fourth-order valence-corrected chi connectivity index (χ4v) is 4.42. The highest BCUT2D eigenvalue weighted by Crippen LogP contribution is 2.34. The van der Waals surface area contributed by atoms with Crippen molar-refractivity contribution in [1.29, 1.82) is 0 Å². The highest BCUT2D eigenvalue weighted by molar-refractivity contribution is 5.85. The number of aliphatic hydroxyl groups is 5. The summed E-state index contributed by atoms with van der Waals surface area (Å²) in [6.45, 7) is 1.70. The molecule has 7 nitrogen and oxygen atoms in total. The Hall–Kier alpha value is -2.26. The van der Waals surface area contributed by atoms with E-state index >= 15 is 0 Å². The fourth-order valence-electron chi connectivity index (χ4n) is 4.42. The van der Waals surface area contributed by atoms with Crippen molar-refractivity contribution in [2.24, 2.45) is 0 Å². The Labute approximate surface area is 187 Å².